The van der Waals surface area contributed by atoms with Gasteiger partial charge in [-0.1, -0.05) is 0 Å². The molecule has 13 heavy (non-hydrogen) atoms. The van der Waals surface area contributed by atoms with Gasteiger partial charge in [0.1, 0.15) is 0 Å². The van der Waals surface area contributed by atoms with Crippen molar-refractivity contribution < 1.29 is 9.90 Å². The van der Waals surface area contributed by atoms with Crippen LogP contribution in [0, 0.1) is 0 Å². The highest BCUT2D eigenvalue weighted by Crippen LogP contribution is 2.03. The molecule has 4 nitrogen and oxygen atoms in total. The predicted octanol–water partition coefficient (Wildman–Crippen LogP) is 0.438. The van der Waals surface area contributed by atoms with E-state index in [1.54, 1.807) is 18.4 Å². The number of carboxylic acid groups (broad SMARTS) is 1. The summed E-state index contributed by atoms with van der Waals surface area (Å²) in [6, 6.07) is 0.315. The number of hydrogen-bond donors (Lipinski definition) is 3. The summed E-state index contributed by atoms with van der Waals surface area (Å²) in [5.41, 5.74) is 0.317. The Labute approximate surface area is 77.3 Å². The van der Waals surface area contributed by atoms with E-state index < -0.39 is 5.97 Å². The third-order valence-corrected chi connectivity index (χ3v) is 1.64. The molecule has 0 aromatic carbocycles. The van der Waals surface area contributed by atoms with E-state index in [4.69, 9.17) is 5.11 Å². The molecule has 3 N–H and O–H groups in total. The molecule has 0 spiro atoms. The zero-order valence-electron chi connectivity index (χ0n) is 7.74. The van der Waals surface area contributed by atoms with E-state index in [0.29, 0.717) is 11.6 Å². The molecule has 1 rings (SSSR count). The lowest BCUT2D eigenvalue weighted by molar-refractivity contribution is -0.132. The Kier molecular flexibility index (Phi) is 3.08. The third-order valence-electron chi connectivity index (χ3n) is 1.64. The molecule has 0 saturated heterocycles. The molecule has 72 valence electrons. The molecule has 0 amide bonds. The van der Waals surface area contributed by atoms with Crippen molar-refractivity contribution in [3.63, 3.8) is 0 Å². The van der Waals surface area contributed by atoms with Crippen molar-refractivity contribution in [1.82, 2.24) is 10.6 Å². The zero-order chi connectivity index (χ0) is 9.84. The fourth-order valence-corrected chi connectivity index (χ4v) is 1.12. The average Bonchev–Trinajstić information content (AvgIpc) is 2.03. The monoisotopic (exact) mass is 182 g/mol. The van der Waals surface area contributed by atoms with E-state index in [0.717, 1.165) is 0 Å². The molecular weight excluding hydrogens is 168 g/mol. The number of dihydropyridines is 1. The van der Waals surface area contributed by atoms with Crippen LogP contribution in [0.25, 0.3) is 0 Å². The minimum absolute atomic E-state index is 0.0869. The third kappa shape index (κ3) is 2.91. The Morgan fingerprint density at radius 3 is 2.92 bits per heavy atom. The lowest BCUT2D eigenvalue weighted by atomic mass is 10.1. The topological polar surface area (TPSA) is 61.4 Å². The normalized spacial score (nSPS) is 21.2. The van der Waals surface area contributed by atoms with Crippen molar-refractivity contribution in [2.75, 3.05) is 0 Å². The van der Waals surface area contributed by atoms with Gasteiger partial charge in [-0.2, -0.15) is 0 Å². The standard InChI is InChI=1S/C9H14N2O2/c1-6(2)11-8-5-7(9(12)13)3-4-10-8/h3-6,8,10-11H,1-2H3,(H,12,13). The van der Waals surface area contributed by atoms with Crippen molar-refractivity contribution in [3.05, 3.63) is 23.9 Å². The summed E-state index contributed by atoms with van der Waals surface area (Å²) in [5.74, 6) is -0.895. The first-order chi connectivity index (χ1) is 6.09. The Hall–Kier alpha value is -1.29. The second kappa shape index (κ2) is 4.09. The highest BCUT2D eigenvalue weighted by atomic mass is 16.4. The lowest BCUT2D eigenvalue weighted by Crippen LogP contribution is -2.43. The fourth-order valence-electron chi connectivity index (χ4n) is 1.12. The zero-order valence-corrected chi connectivity index (χ0v) is 7.74. The van der Waals surface area contributed by atoms with Gasteiger partial charge < -0.3 is 10.4 Å². The van der Waals surface area contributed by atoms with Crippen molar-refractivity contribution in [3.8, 4) is 0 Å². The highest BCUT2D eigenvalue weighted by Gasteiger charge is 2.12. The van der Waals surface area contributed by atoms with Gasteiger partial charge in [0.25, 0.3) is 0 Å². The van der Waals surface area contributed by atoms with Crippen molar-refractivity contribution in [2.45, 2.75) is 26.1 Å². The largest absolute Gasteiger partial charge is 0.478 e. The lowest BCUT2D eigenvalue weighted by Gasteiger charge is -2.21. The Morgan fingerprint density at radius 1 is 1.69 bits per heavy atom. The van der Waals surface area contributed by atoms with E-state index in [1.807, 2.05) is 13.8 Å². The summed E-state index contributed by atoms with van der Waals surface area (Å²) >= 11 is 0. The molecule has 0 bridgehead atoms. The molecule has 0 saturated carbocycles. The van der Waals surface area contributed by atoms with Gasteiger partial charge in [-0.05, 0) is 32.2 Å². The first-order valence-corrected chi connectivity index (χ1v) is 4.23. The van der Waals surface area contributed by atoms with Crippen LogP contribution in [-0.2, 0) is 4.79 Å². The quantitative estimate of drug-likeness (QED) is 0.592. The maximum absolute atomic E-state index is 10.6. The van der Waals surface area contributed by atoms with Gasteiger partial charge in [-0.25, -0.2) is 4.79 Å². The van der Waals surface area contributed by atoms with Crippen LogP contribution in [0.2, 0.25) is 0 Å². The number of hydrogen-bond acceptors (Lipinski definition) is 3. The molecule has 0 fully saturated rings. The summed E-state index contributed by atoms with van der Waals surface area (Å²) in [4.78, 5) is 10.6. The predicted molar refractivity (Wildman–Crippen MR) is 50.1 cm³/mol. The van der Waals surface area contributed by atoms with Crippen LogP contribution in [-0.4, -0.2) is 23.3 Å². The minimum atomic E-state index is -0.895. The maximum atomic E-state index is 10.6. The Balaban J connectivity index is 2.62. The van der Waals surface area contributed by atoms with E-state index in [1.165, 1.54) is 0 Å². The molecule has 0 aliphatic carbocycles. The second-order valence-corrected chi connectivity index (χ2v) is 3.23. The van der Waals surface area contributed by atoms with Gasteiger partial charge in [0.05, 0.1) is 11.7 Å². The summed E-state index contributed by atoms with van der Waals surface area (Å²) in [5, 5.41) is 14.9. The summed E-state index contributed by atoms with van der Waals surface area (Å²) in [6.45, 7) is 4.02. The van der Waals surface area contributed by atoms with Crippen LogP contribution in [0.15, 0.2) is 23.9 Å². The molecule has 4 heteroatoms. The van der Waals surface area contributed by atoms with Crippen molar-refractivity contribution >= 4 is 5.97 Å². The highest BCUT2D eigenvalue weighted by molar-refractivity contribution is 5.90. The molecule has 1 aliphatic rings. The molecule has 1 atom stereocenters. The fraction of sp³-hybridized carbons (Fsp3) is 0.444. The minimum Gasteiger partial charge on any atom is -0.478 e. The van der Waals surface area contributed by atoms with Crippen molar-refractivity contribution in [2.24, 2.45) is 0 Å². The van der Waals surface area contributed by atoms with Crippen LogP contribution in [0.3, 0.4) is 0 Å². The summed E-state index contributed by atoms with van der Waals surface area (Å²) in [6.07, 6.45) is 4.75. The first-order valence-electron chi connectivity index (χ1n) is 4.23. The molecule has 0 aromatic heterocycles. The number of nitrogens with one attached hydrogen (secondary N) is 2. The number of carboxylic acids is 1. The Morgan fingerprint density at radius 2 is 2.38 bits per heavy atom. The average molecular weight is 182 g/mol. The smallest absolute Gasteiger partial charge is 0.335 e. The van der Waals surface area contributed by atoms with E-state index in [-0.39, 0.29) is 6.17 Å². The van der Waals surface area contributed by atoms with Crippen molar-refractivity contribution in [1.29, 1.82) is 0 Å². The van der Waals surface area contributed by atoms with Gasteiger partial charge in [-0.3, -0.25) is 5.32 Å². The van der Waals surface area contributed by atoms with Gasteiger partial charge in [-0.15, -0.1) is 0 Å². The molecule has 1 unspecified atom stereocenters. The maximum Gasteiger partial charge on any atom is 0.335 e. The van der Waals surface area contributed by atoms with Gasteiger partial charge >= 0.3 is 5.97 Å². The SMILES string of the molecule is CC(C)NC1C=C(C(=O)O)C=CN1. The van der Waals surface area contributed by atoms with E-state index in [2.05, 4.69) is 10.6 Å². The molecule has 0 radical (unpaired) electrons. The number of rotatable bonds is 3. The van der Waals surface area contributed by atoms with E-state index >= 15 is 0 Å². The molecule has 1 aliphatic heterocycles. The molecular formula is C9H14N2O2. The molecule has 0 aromatic rings. The van der Waals surface area contributed by atoms with Gasteiger partial charge in [0.15, 0.2) is 0 Å². The van der Waals surface area contributed by atoms with Crippen LogP contribution in [0.4, 0.5) is 0 Å². The van der Waals surface area contributed by atoms with E-state index in [9.17, 15) is 4.79 Å². The van der Waals surface area contributed by atoms with Crippen LogP contribution >= 0.6 is 0 Å². The second-order valence-electron chi connectivity index (χ2n) is 3.23. The van der Waals surface area contributed by atoms with Gasteiger partial charge in [0.2, 0.25) is 0 Å². The van der Waals surface area contributed by atoms with Gasteiger partial charge in [0, 0.05) is 6.04 Å². The summed E-state index contributed by atoms with van der Waals surface area (Å²) < 4.78 is 0. The number of aliphatic carboxylic acids is 1. The van der Waals surface area contributed by atoms with Crippen LogP contribution < -0.4 is 10.6 Å². The van der Waals surface area contributed by atoms with Crippen LogP contribution in [0.5, 0.6) is 0 Å². The summed E-state index contributed by atoms with van der Waals surface area (Å²) in [7, 11) is 0. The number of carbonyl (C=O) groups is 1. The first kappa shape index (κ1) is 9.80. The van der Waals surface area contributed by atoms with Crippen LogP contribution in [0.1, 0.15) is 13.8 Å². The Bertz CT molecular complexity index is 256. The molecule has 1 heterocycles.